The number of rotatable bonds is 7. The van der Waals surface area contributed by atoms with Crippen LogP contribution in [0.3, 0.4) is 0 Å². The van der Waals surface area contributed by atoms with E-state index < -0.39 is 6.23 Å². The van der Waals surface area contributed by atoms with Gasteiger partial charge in [0.05, 0.1) is 6.61 Å². The predicted molar refractivity (Wildman–Crippen MR) is 98.4 cm³/mol. The molecular formula is C21H23NO5. The van der Waals surface area contributed by atoms with E-state index in [1.165, 1.54) is 0 Å². The van der Waals surface area contributed by atoms with Crippen LogP contribution in [0.1, 0.15) is 31.2 Å². The normalized spacial score (nSPS) is 19.1. The van der Waals surface area contributed by atoms with Gasteiger partial charge in [0, 0.05) is 31.4 Å². The molecule has 1 atom stereocenters. The minimum Gasteiger partial charge on any atom is -0.461 e. The summed E-state index contributed by atoms with van der Waals surface area (Å²) in [4.78, 5) is 38.0. The van der Waals surface area contributed by atoms with E-state index in [0.29, 0.717) is 31.6 Å². The lowest BCUT2D eigenvalue weighted by Crippen LogP contribution is -2.39. The standard InChI is InChI=1S/C21H23NO5/c23-18-10-5-4-9-17(18)21-22(13-14-26-21)19(24)11-6-12-20(25)27-15-16-7-2-1-3-8-16/h1-5,7-9,21H,6,10-15H2. The number of Topliss-reactive ketones (excluding diaryl/α,β-unsaturated/α-hetero) is 1. The molecule has 142 valence electrons. The van der Waals surface area contributed by atoms with Crippen molar-refractivity contribution in [1.82, 2.24) is 4.90 Å². The molecule has 1 aromatic rings. The van der Waals surface area contributed by atoms with E-state index >= 15 is 0 Å². The van der Waals surface area contributed by atoms with Crippen molar-refractivity contribution < 1.29 is 23.9 Å². The zero-order valence-electron chi connectivity index (χ0n) is 15.1. The minimum atomic E-state index is -0.611. The summed E-state index contributed by atoms with van der Waals surface area (Å²) in [5.74, 6) is -0.459. The smallest absolute Gasteiger partial charge is 0.306 e. The van der Waals surface area contributed by atoms with E-state index in [-0.39, 0.29) is 37.1 Å². The fourth-order valence-electron chi connectivity index (χ4n) is 3.10. The fourth-order valence-corrected chi connectivity index (χ4v) is 3.10. The molecule has 1 aromatic carbocycles. The first-order chi connectivity index (χ1) is 13.1. The summed E-state index contributed by atoms with van der Waals surface area (Å²) in [6.07, 6.45) is 5.84. The van der Waals surface area contributed by atoms with Crippen LogP contribution >= 0.6 is 0 Å². The van der Waals surface area contributed by atoms with Gasteiger partial charge < -0.3 is 14.4 Å². The lowest BCUT2D eigenvalue weighted by Gasteiger charge is -2.25. The highest BCUT2D eigenvalue weighted by molar-refractivity contribution is 5.99. The van der Waals surface area contributed by atoms with Gasteiger partial charge in [0.25, 0.3) is 0 Å². The topological polar surface area (TPSA) is 72.9 Å². The van der Waals surface area contributed by atoms with Crippen LogP contribution in [0.2, 0.25) is 0 Å². The van der Waals surface area contributed by atoms with E-state index in [9.17, 15) is 14.4 Å². The van der Waals surface area contributed by atoms with Crippen LogP contribution in [0.25, 0.3) is 0 Å². The molecule has 0 spiro atoms. The van der Waals surface area contributed by atoms with Gasteiger partial charge in [-0.2, -0.15) is 0 Å². The maximum Gasteiger partial charge on any atom is 0.306 e. The van der Waals surface area contributed by atoms with E-state index in [1.807, 2.05) is 36.4 Å². The highest BCUT2D eigenvalue weighted by Crippen LogP contribution is 2.23. The fraction of sp³-hybridized carbons (Fsp3) is 0.381. The molecule has 1 unspecified atom stereocenters. The minimum absolute atomic E-state index is 0.0216. The number of benzene rings is 1. The molecule has 6 nitrogen and oxygen atoms in total. The van der Waals surface area contributed by atoms with E-state index in [2.05, 4.69) is 0 Å². The number of hydrogen-bond donors (Lipinski definition) is 0. The van der Waals surface area contributed by atoms with Crippen molar-refractivity contribution in [2.45, 2.75) is 38.5 Å². The van der Waals surface area contributed by atoms with Gasteiger partial charge in [-0.05, 0) is 12.0 Å². The third kappa shape index (κ3) is 5.14. The molecule has 1 saturated heterocycles. The molecule has 1 heterocycles. The Labute approximate surface area is 158 Å². The highest BCUT2D eigenvalue weighted by atomic mass is 16.5. The number of carbonyl (C=O) groups excluding carboxylic acids is 3. The van der Waals surface area contributed by atoms with Gasteiger partial charge in [0.1, 0.15) is 6.61 Å². The summed E-state index contributed by atoms with van der Waals surface area (Å²) < 4.78 is 10.8. The first kappa shape index (κ1) is 19.0. The average molecular weight is 369 g/mol. The Morgan fingerprint density at radius 3 is 2.78 bits per heavy atom. The lowest BCUT2D eigenvalue weighted by atomic mass is 10.0. The maximum absolute atomic E-state index is 12.5. The van der Waals surface area contributed by atoms with Crippen LogP contribution in [-0.2, 0) is 30.5 Å². The Balaban J connectivity index is 1.43. The molecule has 2 aliphatic rings. The molecule has 1 aliphatic carbocycles. The second-order valence-electron chi connectivity index (χ2n) is 6.49. The molecule has 0 bridgehead atoms. The van der Waals surface area contributed by atoms with Crippen LogP contribution in [0.15, 0.2) is 54.1 Å². The van der Waals surface area contributed by atoms with Crippen LogP contribution in [0.4, 0.5) is 0 Å². The molecule has 3 rings (SSSR count). The molecule has 1 aliphatic heterocycles. The molecule has 27 heavy (non-hydrogen) atoms. The van der Waals surface area contributed by atoms with Crippen LogP contribution in [0, 0.1) is 0 Å². The zero-order valence-corrected chi connectivity index (χ0v) is 15.1. The maximum atomic E-state index is 12.5. The van der Waals surface area contributed by atoms with E-state index in [1.54, 1.807) is 17.1 Å². The van der Waals surface area contributed by atoms with Gasteiger partial charge >= 0.3 is 5.97 Å². The number of nitrogens with zero attached hydrogens (tertiary/aromatic N) is 1. The monoisotopic (exact) mass is 369 g/mol. The Morgan fingerprint density at radius 2 is 2.00 bits per heavy atom. The Kier molecular flexibility index (Phi) is 6.54. The number of amides is 1. The summed E-state index contributed by atoms with van der Waals surface area (Å²) >= 11 is 0. The predicted octanol–water partition coefficient (Wildman–Crippen LogP) is 2.54. The first-order valence-electron chi connectivity index (χ1n) is 9.15. The molecular weight excluding hydrogens is 346 g/mol. The van der Waals surface area contributed by atoms with Gasteiger partial charge in [-0.3, -0.25) is 14.4 Å². The number of carbonyl (C=O) groups is 3. The summed E-state index contributed by atoms with van der Waals surface area (Å²) in [6, 6.07) is 9.46. The van der Waals surface area contributed by atoms with Crippen LogP contribution in [0.5, 0.6) is 0 Å². The van der Waals surface area contributed by atoms with Gasteiger partial charge in [-0.15, -0.1) is 0 Å². The third-order valence-electron chi connectivity index (χ3n) is 4.53. The van der Waals surface area contributed by atoms with E-state index in [4.69, 9.17) is 9.47 Å². The molecule has 6 heteroatoms. The largest absolute Gasteiger partial charge is 0.461 e. The number of esters is 1. The zero-order chi connectivity index (χ0) is 19.1. The Bertz CT molecular complexity index is 753. The van der Waals surface area contributed by atoms with Gasteiger partial charge in [-0.25, -0.2) is 0 Å². The van der Waals surface area contributed by atoms with Crippen molar-refractivity contribution >= 4 is 17.7 Å². The summed E-state index contributed by atoms with van der Waals surface area (Å²) in [5, 5.41) is 0. The Hall–Kier alpha value is -2.73. The molecule has 1 fully saturated rings. The summed E-state index contributed by atoms with van der Waals surface area (Å²) in [6.45, 7) is 1.10. The molecule has 1 amide bonds. The second-order valence-corrected chi connectivity index (χ2v) is 6.49. The van der Waals surface area contributed by atoms with Gasteiger partial charge in [0.15, 0.2) is 12.0 Å². The molecule has 0 aromatic heterocycles. The highest BCUT2D eigenvalue weighted by Gasteiger charge is 2.34. The SMILES string of the molecule is O=C(CCCC(=O)N1CCOC1C1=CC=CCC1=O)OCc1ccccc1. The quantitative estimate of drug-likeness (QED) is 0.691. The number of ether oxygens (including phenoxy) is 2. The third-order valence-corrected chi connectivity index (χ3v) is 4.53. The van der Waals surface area contributed by atoms with Crippen molar-refractivity contribution in [3.63, 3.8) is 0 Å². The second kappa shape index (κ2) is 9.28. The average Bonchev–Trinajstić information content (AvgIpc) is 3.17. The van der Waals surface area contributed by atoms with Crippen molar-refractivity contribution in [2.75, 3.05) is 13.2 Å². The molecule has 0 radical (unpaired) electrons. The van der Waals surface area contributed by atoms with E-state index in [0.717, 1.165) is 5.56 Å². The van der Waals surface area contributed by atoms with Crippen LogP contribution < -0.4 is 0 Å². The summed E-state index contributed by atoms with van der Waals surface area (Å²) in [5.41, 5.74) is 1.45. The summed E-state index contributed by atoms with van der Waals surface area (Å²) in [7, 11) is 0. The first-order valence-corrected chi connectivity index (χ1v) is 9.15. The van der Waals surface area contributed by atoms with Crippen LogP contribution in [-0.4, -0.2) is 41.9 Å². The van der Waals surface area contributed by atoms with Crippen molar-refractivity contribution in [2.24, 2.45) is 0 Å². The van der Waals surface area contributed by atoms with Crippen molar-refractivity contribution in [1.29, 1.82) is 0 Å². The number of allylic oxidation sites excluding steroid dienone is 3. The van der Waals surface area contributed by atoms with Gasteiger partial charge in [0.2, 0.25) is 5.91 Å². The molecule has 0 N–H and O–H groups in total. The Morgan fingerprint density at radius 1 is 1.19 bits per heavy atom. The molecule has 0 saturated carbocycles. The van der Waals surface area contributed by atoms with Crippen molar-refractivity contribution in [3.8, 4) is 0 Å². The number of ketones is 1. The lowest BCUT2D eigenvalue weighted by molar-refractivity contribution is -0.145. The number of hydrogen-bond acceptors (Lipinski definition) is 5. The van der Waals surface area contributed by atoms with Crippen molar-refractivity contribution in [3.05, 3.63) is 59.7 Å². The van der Waals surface area contributed by atoms with Gasteiger partial charge in [-0.1, -0.05) is 48.6 Å².